The molecule has 0 saturated heterocycles. The number of rotatable bonds is 5. The van der Waals surface area contributed by atoms with E-state index in [9.17, 15) is 4.79 Å². The maximum absolute atomic E-state index is 10.6. The molecule has 1 aromatic carbocycles. The highest BCUT2D eigenvalue weighted by Crippen LogP contribution is 2.25. The lowest BCUT2D eigenvalue weighted by Gasteiger charge is -2.16. The van der Waals surface area contributed by atoms with Crippen LogP contribution >= 0.6 is 0 Å². The fraction of sp³-hybridized carbons (Fsp3) is 0.462. The predicted molar refractivity (Wildman–Crippen MR) is 59.3 cm³/mol. The maximum atomic E-state index is 10.6. The maximum Gasteiger partial charge on any atom is 0.120 e. The minimum Gasteiger partial charge on any atom is -0.303 e. The number of carbonyl (C=O) groups is 1. The first-order valence-corrected chi connectivity index (χ1v) is 5.22. The Bertz CT molecular complexity index is 264. The van der Waals surface area contributed by atoms with Crippen LogP contribution in [-0.4, -0.2) is 6.29 Å². The Balaban J connectivity index is 2.72. The van der Waals surface area contributed by atoms with Crippen LogP contribution in [0, 0.1) is 5.92 Å². The van der Waals surface area contributed by atoms with Gasteiger partial charge in [-0.25, -0.2) is 0 Å². The molecule has 0 saturated carbocycles. The van der Waals surface area contributed by atoms with Crippen molar-refractivity contribution in [3.05, 3.63) is 35.9 Å². The Morgan fingerprint density at radius 1 is 1.21 bits per heavy atom. The zero-order valence-corrected chi connectivity index (χ0v) is 8.94. The monoisotopic (exact) mass is 190 g/mol. The zero-order valence-electron chi connectivity index (χ0n) is 8.94. The Hall–Kier alpha value is -1.11. The molecule has 14 heavy (non-hydrogen) atoms. The molecule has 1 heteroatoms. The average molecular weight is 190 g/mol. The molecule has 0 aromatic heterocycles. The van der Waals surface area contributed by atoms with E-state index in [0.29, 0.717) is 18.3 Å². The molecule has 1 rings (SSSR count). The first kappa shape index (κ1) is 11.0. The third-order valence-electron chi connectivity index (χ3n) is 2.41. The van der Waals surface area contributed by atoms with E-state index in [1.165, 1.54) is 5.56 Å². The molecular formula is C13H18O. The lowest BCUT2D eigenvalue weighted by Crippen LogP contribution is -2.03. The molecule has 0 radical (unpaired) electrons. The Kier molecular flexibility index (Phi) is 4.37. The predicted octanol–water partition coefficient (Wildman–Crippen LogP) is 3.41. The van der Waals surface area contributed by atoms with Crippen molar-refractivity contribution in [1.82, 2.24) is 0 Å². The second kappa shape index (κ2) is 5.58. The SMILES string of the molecule is CC(C)CC(CC=O)c1ccccc1. The van der Waals surface area contributed by atoms with E-state index in [0.717, 1.165) is 12.7 Å². The summed E-state index contributed by atoms with van der Waals surface area (Å²) in [5.74, 6) is 1.04. The minimum absolute atomic E-state index is 0.397. The summed E-state index contributed by atoms with van der Waals surface area (Å²) in [6.07, 6.45) is 2.75. The molecule has 0 aliphatic rings. The van der Waals surface area contributed by atoms with Crippen molar-refractivity contribution in [2.24, 2.45) is 5.92 Å². The Morgan fingerprint density at radius 2 is 1.86 bits per heavy atom. The summed E-state index contributed by atoms with van der Waals surface area (Å²) in [6, 6.07) is 10.3. The summed E-state index contributed by atoms with van der Waals surface area (Å²) in [5.41, 5.74) is 1.29. The largest absolute Gasteiger partial charge is 0.303 e. The lowest BCUT2D eigenvalue weighted by atomic mass is 9.88. The van der Waals surface area contributed by atoms with Crippen LogP contribution in [0.3, 0.4) is 0 Å². The summed E-state index contributed by atoms with van der Waals surface area (Å²) >= 11 is 0. The van der Waals surface area contributed by atoms with E-state index < -0.39 is 0 Å². The number of hydrogen-bond donors (Lipinski definition) is 0. The average Bonchev–Trinajstić information content (AvgIpc) is 2.18. The van der Waals surface area contributed by atoms with Crippen molar-refractivity contribution in [3.63, 3.8) is 0 Å². The van der Waals surface area contributed by atoms with Gasteiger partial charge in [0.25, 0.3) is 0 Å². The second-order valence-corrected chi connectivity index (χ2v) is 4.14. The van der Waals surface area contributed by atoms with Gasteiger partial charge in [-0.05, 0) is 23.8 Å². The van der Waals surface area contributed by atoms with Gasteiger partial charge in [0.1, 0.15) is 6.29 Å². The number of benzene rings is 1. The lowest BCUT2D eigenvalue weighted by molar-refractivity contribution is -0.108. The van der Waals surface area contributed by atoms with Crippen molar-refractivity contribution in [1.29, 1.82) is 0 Å². The van der Waals surface area contributed by atoms with Gasteiger partial charge in [-0.1, -0.05) is 44.2 Å². The van der Waals surface area contributed by atoms with Crippen LogP contribution in [0.25, 0.3) is 0 Å². The molecule has 0 aliphatic carbocycles. The van der Waals surface area contributed by atoms with E-state index in [2.05, 4.69) is 26.0 Å². The van der Waals surface area contributed by atoms with Crippen LogP contribution in [0.1, 0.15) is 38.2 Å². The molecule has 1 nitrogen and oxygen atoms in total. The van der Waals surface area contributed by atoms with Crippen LogP contribution < -0.4 is 0 Å². The Labute approximate surface area is 86.1 Å². The van der Waals surface area contributed by atoms with Crippen molar-refractivity contribution in [2.45, 2.75) is 32.6 Å². The summed E-state index contributed by atoms with van der Waals surface area (Å²) < 4.78 is 0. The van der Waals surface area contributed by atoms with Gasteiger partial charge in [-0.15, -0.1) is 0 Å². The van der Waals surface area contributed by atoms with Crippen LogP contribution in [0.2, 0.25) is 0 Å². The minimum atomic E-state index is 0.397. The van der Waals surface area contributed by atoms with Crippen molar-refractivity contribution in [2.75, 3.05) is 0 Å². The fourth-order valence-electron chi connectivity index (χ4n) is 1.78. The first-order valence-electron chi connectivity index (χ1n) is 5.22. The molecule has 0 bridgehead atoms. The van der Waals surface area contributed by atoms with E-state index in [1.54, 1.807) is 0 Å². The number of hydrogen-bond acceptors (Lipinski definition) is 1. The molecule has 0 aliphatic heterocycles. The smallest absolute Gasteiger partial charge is 0.120 e. The molecule has 1 unspecified atom stereocenters. The highest BCUT2D eigenvalue weighted by Gasteiger charge is 2.12. The van der Waals surface area contributed by atoms with Crippen molar-refractivity contribution < 1.29 is 4.79 Å². The van der Waals surface area contributed by atoms with Crippen LogP contribution in [0.5, 0.6) is 0 Å². The number of carbonyl (C=O) groups excluding carboxylic acids is 1. The van der Waals surface area contributed by atoms with Gasteiger partial charge in [-0.3, -0.25) is 0 Å². The van der Waals surface area contributed by atoms with Crippen LogP contribution in [0.4, 0.5) is 0 Å². The molecule has 0 amide bonds. The van der Waals surface area contributed by atoms with E-state index in [4.69, 9.17) is 0 Å². The summed E-state index contributed by atoms with van der Waals surface area (Å²) in [6.45, 7) is 4.39. The highest BCUT2D eigenvalue weighted by atomic mass is 16.1. The van der Waals surface area contributed by atoms with Crippen LogP contribution in [-0.2, 0) is 4.79 Å². The van der Waals surface area contributed by atoms with E-state index >= 15 is 0 Å². The van der Waals surface area contributed by atoms with Gasteiger partial charge in [0, 0.05) is 6.42 Å². The summed E-state index contributed by atoms with van der Waals surface area (Å²) in [4.78, 5) is 10.6. The Morgan fingerprint density at radius 3 is 2.36 bits per heavy atom. The molecular weight excluding hydrogens is 172 g/mol. The van der Waals surface area contributed by atoms with Crippen LogP contribution in [0.15, 0.2) is 30.3 Å². The molecule has 1 atom stereocenters. The zero-order chi connectivity index (χ0) is 10.4. The third-order valence-corrected chi connectivity index (χ3v) is 2.41. The van der Waals surface area contributed by atoms with Gasteiger partial charge in [0.2, 0.25) is 0 Å². The van der Waals surface area contributed by atoms with Crippen molar-refractivity contribution in [3.8, 4) is 0 Å². The second-order valence-electron chi connectivity index (χ2n) is 4.14. The quantitative estimate of drug-likeness (QED) is 0.650. The fourth-order valence-corrected chi connectivity index (χ4v) is 1.78. The van der Waals surface area contributed by atoms with E-state index in [-0.39, 0.29) is 0 Å². The molecule has 0 heterocycles. The van der Waals surface area contributed by atoms with Crippen molar-refractivity contribution >= 4 is 6.29 Å². The number of aldehydes is 1. The topological polar surface area (TPSA) is 17.1 Å². The highest BCUT2D eigenvalue weighted by molar-refractivity contribution is 5.51. The normalized spacial score (nSPS) is 12.8. The molecule has 0 spiro atoms. The molecule has 76 valence electrons. The van der Waals surface area contributed by atoms with Gasteiger partial charge < -0.3 is 4.79 Å². The summed E-state index contributed by atoms with van der Waals surface area (Å²) in [5, 5.41) is 0. The van der Waals surface area contributed by atoms with E-state index in [1.807, 2.05) is 18.2 Å². The summed E-state index contributed by atoms with van der Waals surface area (Å²) in [7, 11) is 0. The van der Waals surface area contributed by atoms with Gasteiger partial charge >= 0.3 is 0 Å². The van der Waals surface area contributed by atoms with Gasteiger partial charge in [-0.2, -0.15) is 0 Å². The van der Waals surface area contributed by atoms with Gasteiger partial charge in [0.15, 0.2) is 0 Å². The molecule has 0 fully saturated rings. The molecule has 1 aromatic rings. The molecule has 0 N–H and O–H groups in total. The standard InChI is InChI=1S/C13H18O/c1-11(2)10-13(8-9-14)12-6-4-3-5-7-12/h3-7,9,11,13H,8,10H2,1-2H3. The first-order chi connectivity index (χ1) is 6.74. The third kappa shape index (κ3) is 3.33. The van der Waals surface area contributed by atoms with Gasteiger partial charge in [0.05, 0.1) is 0 Å².